The summed E-state index contributed by atoms with van der Waals surface area (Å²) in [5.41, 5.74) is 0. The maximum atomic E-state index is 10.5. The maximum absolute atomic E-state index is 10.5. The Balaban J connectivity index is 1.70. The zero-order valence-corrected chi connectivity index (χ0v) is 18.4. The SMILES string of the molecule is C[PH](CCCCCCCCCCCC(=O)O)(c1ccccc1)c1ccccc1. The Morgan fingerprint density at radius 3 is 1.50 bits per heavy atom. The van der Waals surface area contributed by atoms with Gasteiger partial charge in [-0.25, -0.2) is 0 Å². The zero-order chi connectivity index (χ0) is 20.1. The van der Waals surface area contributed by atoms with E-state index >= 15 is 0 Å². The van der Waals surface area contributed by atoms with E-state index in [1.54, 1.807) is 10.6 Å². The zero-order valence-electron chi connectivity index (χ0n) is 17.4. The van der Waals surface area contributed by atoms with Crippen molar-refractivity contribution in [3.05, 3.63) is 60.7 Å². The van der Waals surface area contributed by atoms with E-state index in [9.17, 15) is 4.79 Å². The predicted octanol–water partition coefficient (Wildman–Crippen LogP) is 6.00. The quantitative estimate of drug-likeness (QED) is 0.312. The summed E-state index contributed by atoms with van der Waals surface area (Å²) in [6.07, 6.45) is 12.5. The number of hydrogen-bond acceptors (Lipinski definition) is 1. The van der Waals surface area contributed by atoms with Crippen LogP contribution < -0.4 is 10.6 Å². The summed E-state index contributed by atoms with van der Waals surface area (Å²) in [6.45, 7) is 2.52. The number of aliphatic carboxylic acids is 1. The van der Waals surface area contributed by atoms with Crippen LogP contribution in [0.4, 0.5) is 0 Å². The predicted molar refractivity (Wildman–Crippen MR) is 125 cm³/mol. The van der Waals surface area contributed by atoms with Gasteiger partial charge in [0.25, 0.3) is 0 Å². The van der Waals surface area contributed by atoms with Crippen LogP contribution in [0.25, 0.3) is 0 Å². The Kier molecular flexibility index (Phi) is 10.3. The van der Waals surface area contributed by atoms with Gasteiger partial charge >= 0.3 is 162 Å². The molecule has 0 aliphatic rings. The molecule has 0 spiro atoms. The summed E-state index contributed by atoms with van der Waals surface area (Å²) < 4.78 is 0. The van der Waals surface area contributed by atoms with Gasteiger partial charge in [-0.3, -0.25) is 4.79 Å². The molecule has 0 amide bonds. The summed E-state index contributed by atoms with van der Waals surface area (Å²) in [4.78, 5) is 10.5. The molecule has 2 aromatic rings. The normalized spacial score (nSPS) is 12.0. The Bertz CT molecular complexity index is 630. The van der Waals surface area contributed by atoms with Gasteiger partial charge in [-0.05, 0) is 0 Å². The molecule has 0 saturated carbocycles. The van der Waals surface area contributed by atoms with E-state index in [4.69, 9.17) is 5.11 Å². The minimum absolute atomic E-state index is 0.325. The third kappa shape index (κ3) is 7.76. The van der Waals surface area contributed by atoms with E-state index < -0.39 is 13.2 Å². The van der Waals surface area contributed by atoms with E-state index in [1.165, 1.54) is 51.1 Å². The Hall–Kier alpha value is -1.66. The fraction of sp³-hybridized carbons (Fsp3) is 0.480. The van der Waals surface area contributed by atoms with Gasteiger partial charge in [-0.15, -0.1) is 0 Å². The third-order valence-corrected chi connectivity index (χ3v) is 10.5. The molecular formula is C25H37O2P. The first-order valence-electron chi connectivity index (χ1n) is 11.0. The third-order valence-electron chi connectivity index (χ3n) is 5.89. The summed E-state index contributed by atoms with van der Waals surface area (Å²) >= 11 is 0. The molecule has 2 nitrogen and oxygen atoms in total. The molecule has 0 aromatic heterocycles. The van der Waals surface area contributed by atoms with Gasteiger partial charge < -0.3 is 5.11 Å². The van der Waals surface area contributed by atoms with Gasteiger partial charge in [0.15, 0.2) is 0 Å². The van der Waals surface area contributed by atoms with Crippen molar-refractivity contribution in [1.29, 1.82) is 0 Å². The van der Waals surface area contributed by atoms with Crippen LogP contribution in [0.2, 0.25) is 0 Å². The number of carboxylic acid groups (broad SMARTS) is 1. The number of carboxylic acids is 1. The number of benzene rings is 2. The second-order valence-electron chi connectivity index (χ2n) is 8.14. The second kappa shape index (κ2) is 12.7. The van der Waals surface area contributed by atoms with Crippen molar-refractivity contribution < 1.29 is 9.90 Å². The van der Waals surface area contributed by atoms with Crippen molar-refractivity contribution in [2.24, 2.45) is 0 Å². The first kappa shape index (κ1) is 22.6. The van der Waals surface area contributed by atoms with E-state index in [0.717, 1.165) is 12.8 Å². The van der Waals surface area contributed by atoms with Crippen LogP contribution in [0.5, 0.6) is 0 Å². The molecule has 0 aliphatic heterocycles. The fourth-order valence-electron chi connectivity index (χ4n) is 4.06. The van der Waals surface area contributed by atoms with Crippen LogP contribution >= 0.6 is 7.26 Å². The van der Waals surface area contributed by atoms with Crippen molar-refractivity contribution in [3.63, 3.8) is 0 Å². The number of carbonyl (C=O) groups is 1. The van der Waals surface area contributed by atoms with E-state index in [2.05, 4.69) is 67.3 Å². The van der Waals surface area contributed by atoms with E-state index in [-0.39, 0.29) is 0 Å². The number of rotatable bonds is 14. The van der Waals surface area contributed by atoms with Gasteiger partial charge in [-0.1, -0.05) is 0 Å². The van der Waals surface area contributed by atoms with Gasteiger partial charge in [0, 0.05) is 0 Å². The molecule has 0 atom stereocenters. The van der Waals surface area contributed by atoms with Crippen LogP contribution in [0.15, 0.2) is 60.7 Å². The average Bonchev–Trinajstić information content (AvgIpc) is 2.73. The number of hydrogen-bond donors (Lipinski definition) is 1. The second-order valence-corrected chi connectivity index (χ2v) is 12.5. The van der Waals surface area contributed by atoms with Crippen LogP contribution in [0, 0.1) is 0 Å². The molecule has 3 heteroatoms. The van der Waals surface area contributed by atoms with Crippen LogP contribution in [-0.4, -0.2) is 23.9 Å². The van der Waals surface area contributed by atoms with Gasteiger partial charge in [-0.2, -0.15) is 0 Å². The fourth-order valence-corrected chi connectivity index (χ4v) is 7.78. The van der Waals surface area contributed by atoms with Crippen LogP contribution in [0.1, 0.15) is 64.2 Å². The monoisotopic (exact) mass is 400 g/mol. The van der Waals surface area contributed by atoms with Crippen LogP contribution in [0.3, 0.4) is 0 Å². The molecule has 0 saturated heterocycles. The summed E-state index contributed by atoms with van der Waals surface area (Å²) in [5.74, 6) is -0.665. The van der Waals surface area contributed by atoms with Crippen molar-refractivity contribution in [2.45, 2.75) is 64.2 Å². The minimum atomic E-state index is -1.65. The molecule has 0 fully saturated rings. The molecular weight excluding hydrogens is 363 g/mol. The molecule has 0 bridgehead atoms. The van der Waals surface area contributed by atoms with Crippen molar-refractivity contribution >= 4 is 23.8 Å². The molecule has 0 radical (unpaired) electrons. The first-order chi connectivity index (χ1) is 13.6. The van der Waals surface area contributed by atoms with Crippen LogP contribution in [-0.2, 0) is 4.79 Å². The van der Waals surface area contributed by atoms with E-state index in [0.29, 0.717) is 6.42 Å². The topological polar surface area (TPSA) is 37.3 Å². The molecule has 0 heterocycles. The van der Waals surface area contributed by atoms with Gasteiger partial charge in [0.05, 0.1) is 0 Å². The molecule has 0 aliphatic carbocycles. The summed E-state index contributed by atoms with van der Waals surface area (Å²) in [5, 5.41) is 11.7. The molecule has 1 N–H and O–H groups in total. The summed E-state index contributed by atoms with van der Waals surface area (Å²) in [6, 6.07) is 22.2. The van der Waals surface area contributed by atoms with Gasteiger partial charge in [0.1, 0.15) is 0 Å². The Labute approximate surface area is 171 Å². The number of unbranched alkanes of at least 4 members (excludes halogenated alkanes) is 8. The van der Waals surface area contributed by atoms with Crippen molar-refractivity contribution in [2.75, 3.05) is 12.8 Å². The molecule has 2 aromatic carbocycles. The van der Waals surface area contributed by atoms with E-state index in [1.807, 2.05) is 0 Å². The Morgan fingerprint density at radius 2 is 1.07 bits per heavy atom. The van der Waals surface area contributed by atoms with Crippen molar-refractivity contribution in [3.8, 4) is 0 Å². The Morgan fingerprint density at radius 1 is 0.679 bits per heavy atom. The standard InChI is InChI=1S/C25H37O2P/c1-28(23-17-11-9-12-18-23,24-19-13-10-14-20-24)22-16-8-6-4-2-3-5-7-15-21-25(26)27/h9-14,17-20,28H,2-8,15-16,21-22H2,1H3,(H,26,27). The summed E-state index contributed by atoms with van der Waals surface area (Å²) in [7, 11) is -1.65. The molecule has 28 heavy (non-hydrogen) atoms. The first-order valence-corrected chi connectivity index (χ1v) is 13.7. The molecule has 2 rings (SSSR count). The average molecular weight is 401 g/mol. The molecule has 154 valence electrons. The van der Waals surface area contributed by atoms with Gasteiger partial charge in [0.2, 0.25) is 0 Å². The van der Waals surface area contributed by atoms with Crippen molar-refractivity contribution in [1.82, 2.24) is 0 Å². The molecule has 0 unspecified atom stereocenters.